The molecule has 0 spiro atoms. The summed E-state index contributed by atoms with van der Waals surface area (Å²) in [6.45, 7) is 0. The maximum absolute atomic E-state index is 12.2. The Kier molecular flexibility index (Phi) is 3.26. The fraction of sp³-hybridized carbons (Fsp3) is 0. The van der Waals surface area contributed by atoms with Gasteiger partial charge in [-0.15, -0.1) is 0 Å². The number of aromatic hydroxyl groups is 8. The smallest absolute Gasteiger partial charge is 0.205 e. The molecule has 0 aliphatic heterocycles. The third-order valence-electron chi connectivity index (χ3n) is 2.94. The van der Waals surface area contributed by atoms with Gasteiger partial charge in [-0.2, -0.15) is 0 Å². The average molecular weight is 310 g/mol. The number of carbonyl (C=O) groups excluding carboxylic acids is 1. The van der Waals surface area contributed by atoms with E-state index in [1.165, 1.54) is 0 Å². The van der Waals surface area contributed by atoms with Crippen LogP contribution in [0.15, 0.2) is 12.1 Å². The van der Waals surface area contributed by atoms with E-state index in [0.29, 0.717) is 12.1 Å². The molecular weight excluding hydrogens is 300 g/mol. The third kappa shape index (κ3) is 2.00. The number of hydrogen-bond donors (Lipinski definition) is 8. The number of carbonyl (C=O) groups is 1. The minimum atomic E-state index is -1.22. The largest absolute Gasteiger partial charge is 0.504 e. The van der Waals surface area contributed by atoms with Crippen molar-refractivity contribution in [3.8, 4) is 46.0 Å². The van der Waals surface area contributed by atoms with Crippen LogP contribution in [0.4, 0.5) is 0 Å². The van der Waals surface area contributed by atoms with Crippen molar-refractivity contribution in [2.24, 2.45) is 0 Å². The highest BCUT2D eigenvalue weighted by molar-refractivity contribution is 6.14. The summed E-state index contributed by atoms with van der Waals surface area (Å²) in [6.07, 6.45) is 0. The normalized spacial score (nSPS) is 10.5. The second kappa shape index (κ2) is 4.81. The SMILES string of the molecule is O=C(c1cc(O)c(O)c(O)c1O)c1cc(O)c(O)c(O)c1O. The standard InChI is InChI=1S/C13H10O9/c14-5-1-3(8(17)12(21)10(5)19)7(16)4-2-6(15)11(20)13(22)9(4)18/h1-2,14-15,17-22H. The molecule has 0 radical (unpaired) electrons. The van der Waals surface area contributed by atoms with Gasteiger partial charge in [0.05, 0.1) is 11.1 Å². The van der Waals surface area contributed by atoms with Gasteiger partial charge in [-0.05, 0) is 12.1 Å². The van der Waals surface area contributed by atoms with Gasteiger partial charge in [0, 0.05) is 0 Å². The van der Waals surface area contributed by atoms with Crippen molar-refractivity contribution in [1.82, 2.24) is 0 Å². The second-order valence-electron chi connectivity index (χ2n) is 4.31. The first-order valence-electron chi connectivity index (χ1n) is 5.65. The van der Waals surface area contributed by atoms with Crippen molar-refractivity contribution in [3.05, 3.63) is 23.3 Å². The number of ketones is 1. The maximum atomic E-state index is 12.2. The van der Waals surface area contributed by atoms with E-state index in [4.69, 9.17) is 0 Å². The summed E-state index contributed by atoms with van der Waals surface area (Å²) in [6, 6.07) is 1.21. The van der Waals surface area contributed by atoms with Gasteiger partial charge in [-0.1, -0.05) is 0 Å². The zero-order chi connectivity index (χ0) is 16.8. The second-order valence-corrected chi connectivity index (χ2v) is 4.31. The molecule has 9 heteroatoms. The summed E-state index contributed by atoms with van der Waals surface area (Å²) in [5, 5.41) is 75.1. The number of rotatable bonds is 2. The molecule has 0 bridgehead atoms. The zero-order valence-electron chi connectivity index (χ0n) is 10.6. The molecule has 8 N–H and O–H groups in total. The van der Waals surface area contributed by atoms with Crippen molar-refractivity contribution in [3.63, 3.8) is 0 Å². The van der Waals surface area contributed by atoms with Gasteiger partial charge in [-0.3, -0.25) is 4.79 Å². The first-order valence-corrected chi connectivity index (χ1v) is 5.65. The van der Waals surface area contributed by atoms with E-state index in [0.717, 1.165) is 0 Å². The van der Waals surface area contributed by atoms with Gasteiger partial charge in [0.2, 0.25) is 28.8 Å². The fourth-order valence-electron chi connectivity index (χ4n) is 1.76. The lowest BCUT2D eigenvalue weighted by molar-refractivity contribution is 0.103. The quantitative estimate of drug-likeness (QED) is 0.223. The van der Waals surface area contributed by atoms with Crippen LogP contribution in [0.2, 0.25) is 0 Å². The van der Waals surface area contributed by atoms with Gasteiger partial charge in [-0.25, -0.2) is 0 Å². The van der Waals surface area contributed by atoms with Crippen molar-refractivity contribution < 1.29 is 45.6 Å². The molecule has 0 saturated carbocycles. The van der Waals surface area contributed by atoms with E-state index in [-0.39, 0.29) is 0 Å². The highest BCUT2D eigenvalue weighted by Crippen LogP contribution is 2.47. The molecule has 0 fully saturated rings. The molecule has 0 aliphatic carbocycles. The Labute approximate surface area is 121 Å². The summed E-state index contributed by atoms with van der Waals surface area (Å²) in [7, 11) is 0. The summed E-state index contributed by atoms with van der Waals surface area (Å²) in [4.78, 5) is 12.2. The Balaban J connectivity index is 2.69. The van der Waals surface area contributed by atoms with Crippen molar-refractivity contribution in [2.45, 2.75) is 0 Å². The van der Waals surface area contributed by atoms with Gasteiger partial charge in [0.15, 0.2) is 23.0 Å². The van der Waals surface area contributed by atoms with E-state index in [9.17, 15) is 45.6 Å². The minimum absolute atomic E-state index is 0.604. The Bertz CT molecular complexity index is 730. The van der Waals surface area contributed by atoms with Crippen LogP contribution < -0.4 is 0 Å². The van der Waals surface area contributed by atoms with E-state index in [2.05, 4.69) is 0 Å². The molecule has 0 atom stereocenters. The average Bonchev–Trinajstić information content (AvgIpc) is 2.49. The Hall–Kier alpha value is -3.49. The molecule has 0 amide bonds. The summed E-state index contributed by atoms with van der Waals surface area (Å²) < 4.78 is 0. The monoisotopic (exact) mass is 310 g/mol. The Morgan fingerprint density at radius 3 is 1.18 bits per heavy atom. The summed E-state index contributed by atoms with van der Waals surface area (Å²) >= 11 is 0. The van der Waals surface area contributed by atoms with Gasteiger partial charge in [0.25, 0.3) is 0 Å². The van der Waals surface area contributed by atoms with E-state index in [1.54, 1.807) is 0 Å². The summed E-state index contributed by atoms with van der Waals surface area (Å²) in [5.74, 6) is -9.71. The lowest BCUT2D eigenvalue weighted by Crippen LogP contribution is -2.03. The van der Waals surface area contributed by atoms with Crippen LogP contribution in [0.25, 0.3) is 0 Å². The van der Waals surface area contributed by atoms with Crippen LogP contribution in [-0.2, 0) is 0 Å². The fourth-order valence-corrected chi connectivity index (χ4v) is 1.76. The van der Waals surface area contributed by atoms with Gasteiger partial charge < -0.3 is 40.9 Å². The number of hydrogen-bond acceptors (Lipinski definition) is 9. The highest BCUT2D eigenvalue weighted by atomic mass is 16.4. The number of phenols is 8. The Morgan fingerprint density at radius 2 is 0.864 bits per heavy atom. The summed E-state index contributed by atoms with van der Waals surface area (Å²) in [5.41, 5.74) is -1.46. The maximum Gasteiger partial charge on any atom is 0.205 e. The predicted molar refractivity (Wildman–Crippen MR) is 69.6 cm³/mol. The van der Waals surface area contributed by atoms with E-state index in [1.807, 2.05) is 0 Å². The van der Waals surface area contributed by atoms with Crippen molar-refractivity contribution in [2.75, 3.05) is 0 Å². The van der Waals surface area contributed by atoms with E-state index >= 15 is 0 Å². The highest BCUT2D eigenvalue weighted by Gasteiger charge is 2.27. The molecule has 2 aromatic rings. The van der Waals surface area contributed by atoms with E-state index < -0.39 is 62.9 Å². The molecule has 2 rings (SSSR count). The molecular formula is C13H10O9. The molecule has 22 heavy (non-hydrogen) atoms. The molecule has 0 saturated heterocycles. The van der Waals surface area contributed by atoms with Gasteiger partial charge in [0.1, 0.15) is 0 Å². The minimum Gasteiger partial charge on any atom is -0.504 e. The zero-order valence-corrected chi connectivity index (χ0v) is 10.6. The molecule has 116 valence electrons. The third-order valence-corrected chi connectivity index (χ3v) is 2.94. The van der Waals surface area contributed by atoms with Crippen molar-refractivity contribution >= 4 is 5.78 Å². The lowest BCUT2D eigenvalue weighted by atomic mass is 9.99. The molecule has 0 unspecified atom stereocenters. The van der Waals surface area contributed by atoms with Crippen LogP contribution in [0.3, 0.4) is 0 Å². The van der Waals surface area contributed by atoms with Crippen LogP contribution in [0.1, 0.15) is 15.9 Å². The molecule has 0 aliphatic rings. The van der Waals surface area contributed by atoms with Gasteiger partial charge >= 0.3 is 0 Å². The Morgan fingerprint density at radius 1 is 0.545 bits per heavy atom. The number of benzene rings is 2. The van der Waals surface area contributed by atoms with Crippen LogP contribution in [-0.4, -0.2) is 46.6 Å². The predicted octanol–water partition coefficient (Wildman–Crippen LogP) is 0.562. The van der Waals surface area contributed by atoms with Crippen LogP contribution in [0.5, 0.6) is 46.0 Å². The lowest BCUT2D eigenvalue weighted by Gasteiger charge is -2.11. The molecule has 0 aromatic heterocycles. The molecule has 2 aromatic carbocycles. The van der Waals surface area contributed by atoms with Crippen molar-refractivity contribution in [1.29, 1.82) is 0 Å². The number of phenolic OH excluding ortho intramolecular Hbond substituents is 8. The first-order chi connectivity index (χ1) is 10.2. The first kappa shape index (κ1) is 14.9. The molecule has 9 nitrogen and oxygen atoms in total. The topological polar surface area (TPSA) is 179 Å². The van der Waals surface area contributed by atoms with Crippen LogP contribution >= 0.6 is 0 Å². The van der Waals surface area contributed by atoms with Crippen LogP contribution in [0, 0.1) is 0 Å². The molecule has 0 heterocycles.